The number of nitrogens with one attached hydrogen (secondary N) is 1. The molecule has 3 nitrogen and oxygen atoms in total. The standard InChI is InChI=1S/C16H15Br2NO2/c1-11(14-4-2-3-5-15(14)18)19-16(20)10-21-13-8-6-12(17)7-9-13/h2-9,11H,10H2,1H3,(H,19,20)/t11-/m0/s1. The van der Waals surface area contributed by atoms with E-state index in [0.717, 1.165) is 14.5 Å². The number of hydrogen-bond donors (Lipinski definition) is 1. The first-order valence-corrected chi connectivity index (χ1v) is 8.07. The van der Waals surface area contributed by atoms with Crippen LogP contribution in [0.2, 0.25) is 0 Å². The molecule has 0 saturated carbocycles. The highest BCUT2D eigenvalue weighted by atomic mass is 79.9. The second-order valence-electron chi connectivity index (χ2n) is 4.55. The van der Waals surface area contributed by atoms with Crippen molar-refractivity contribution >= 4 is 37.8 Å². The number of hydrogen-bond acceptors (Lipinski definition) is 2. The lowest BCUT2D eigenvalue weighted by Crippen LogP contribution is -2.31. The molecule has 5 heteroatoms. The molecule has 0 radical (unpaired) electrons. The average molecular weight is 413 g/mol. The summed E-state index contributed by atoms with van der Waals surface area (Å²) in [7, 11) is 0. The van der Waals surface area contributed by atoms with Gasteiger partial charge in [-0.15, -0.1) is 0 Å². The van der Waals surface area contributed by atoms with E-state index in [-0.39, 0.29) is 18.6 Å². The molecule has 2 rings (SSSR count). The Morgan fingerprint density at radius 1 is 1.14 bits per heavy atom. The summed E-state index contributed by atoms with van der Waals surface area (Å²) in [5.41, 5.74) is 1.04. The van der Waals surface area contributed by atoms with E-state index >= 15 is 0 Å². The summed E-state index contributed by atoms with van der Waals surface area (Å²) in [5.74, 6) is 0.517. The van der Waals surface area contributed by atoms with Gasteiger partial charge in [-0.05, 0) is 42.8 Å². The largest absolute Gasteiger partial charge is 0.484 e. The SMILES string of the molecule is C[C@H](NC(=O)COc1ccc(Br)cc1)c1ccccc1Br. The van der Waals surface area contributed by atoms with Crippen LogP contribution in [0.15, 0.2) is 57.5 Å². The molecule has 0 fully saturated rings. The summed E-state index contributed by atoms with van der Waals surface area (Å²) in [6, 6.07) is 15.1. The van der Waals surface area contributed by atoms with Gasteiger partial charge in [0.05, 0.1) is 6.04 Å². The van der Waals surface area contributed by atoms with E-state index in [1.165, 1.54) is 0 Å². The molecule has 0 heterocycles. The molecule has 1 atom stereocenters. The number of amides is 1. The second-order valence-corrected chi connectivity index (χ2v) is 6.32. The molecule has 0 aliphatic carbocycles. The van der Waals surface area contributed by atoms with Crippen LogP contribution in [0.5, 0.6) is 5.75 Å². The Kier molecular flexibility index (Phi) is 5.82. The quantitative estimate of drug-likeness (QED) is 0.786. The Balaban J connectivity index is 1.87. The van der Waals surface area contributed by atoms with Crippen molar-refractivity contribution in [2.45, 2.75) is 13.0 Å². The van der Waals surface area contributed by atoms with Gasteiger partial charge in [-0.3, -0.25) is 4.79 Å². The maximum absolute atomic E-state index is 11.9. The summed E-state index contributed by atoms with van der Waals surface area (Å²) in [6.07, 6.45) is 0. The predicted molar refractivity (Wildman–Crippen MR) is 90.3 cm³/mol. The van der Waals surface area contributed by atoms with Gasteiger partial charge in [0.25, 0.3) is 5.91 Å². The van der Waals surface area contributed by atoms with Crippen LogP contribution in [0.3, 0.4) is 0 Å². The molecule has 0 unspecified atom stereocenters. The predicted octanol–water partition coefficient (Wildman–Crippen LogP) is 4.47. The molecule has 0 aliphatic heterocycles. The van der Waals surface area contributed by atoms with Crippen LogP contribution >= 0.6 is 31.9 Å². The van der Waals surface area contributed by atoms with E-state index in [0.29, 0.717) is 5.75 Å². The summed E-state index contributed by atoms with van der Waals surface area (Å²) in [6.45, 7) is 1.94. The number of benzene rings is 2. The Labute approximate surface area is 141 Å². The minimum atomic E-state index is -0.152. The minimum absolute atomic E-state index is 0.00355. The highest BCUT2D eigenvalue weighted by molar-refractivity contribution is 9.10. The van der Waals surface area contributed by atoms with Gasteiger partial charge in [-0.25, -0.2) is 0 Å². The first-order chi connectivity index (χ1) is 10.1. The van der Waals surface area contributed by atoms with Crippen molar-refractivity contribution in [1.29, 1.82) is 0 Å². The van der Waals surface area contributed by atoms with Crippen LogP contribution < -0.4 is 10.1 Å². The summed E-state index contributed by atoms with van der Waals surface area (Å²) in [5, 5.41) is 2.92. The zero-order valence-corrected chi connectivity index (χ0v) is 14.6. The Morgan fingerprint density at radius 2 is 1.81 bits per heavy atom. The third kappa shape index (κ3) is 4.86. The van der Waals surface area contributed by atoms with Crippen molar-refractivity contribution in [3.05, 3.63) is 63.0 Å². The molecule has 0 aliphatic rings. The van der Waals surface area contributed by atoms with E-state index in [2.05, 4.69) is 37.2 Å². The highest BCUT2D eigenvalue weighted by Crippen LogP contribution is 2.22. The molecule has 0 spiro atoms. The number of carbonyl (C=O) groups is 1. The van der Waals surface area contributed by atoms with Gasteiger partial charge in [-0.1, -0.05) is 50.1 Å². The van der Waals surface area contributed by atoms with Gasteiger partial charge in [-0.2, -0.15) is 0 Å². The van der Waals surface area contributed by atoms with Gasteiger partial charge in [0.1, 0.15) is 5.75 Å². The Bertz CT molecular complexity index is 614. The summed E-state index contributed by atoms with van der Waals surface area (Å²) >= 11 is 6.83. The lowest BCUT2D eigenvalue weighted by molar-refractivity contribution is -0.123. The average Bonchev–Trinajstić information content (AvgIpc) is 2.47. The van der Waals surface area contributed by atoms with E-state index < -0.39 is 0 Å². The fourth-order valence-corrected chi connectivity index (χ4v) is 2.76. The lowest BCUT2D eigenvalue weighted by atomic mass is 10.1. The molecular formula is C16H15Br2NO2. The van der Waals surface area contributed by atoms with E-state index in [1.807, 2.05) is 55.5 Å². The number of ether oxygens (including phenoxy) is 1. The molecule has 0 bridgehead atoms. The fourth-order valence-electron chi connectivity index (χ4n) is 1.87. The monoisotopic (exact) mass is 411 g/mol. The van der Waals surface area contributed by atoms with E-state index in [1.54, 1.807) is 0 Å². The first-order valence-electron chi connectivity index (χ1n) is 6.48. The maximum Gasteiger partial charge on any atom is 0.258 e. The topological polar surface area (TPSA) is 38.3 Å². The van der Waals surface area contributed by atoms with Crippen molar-refractivity contribution in [3.8, 4) is 5.75 Å². The van der Waals surface area contributed by atoms with Crippen LogP contribution in [0.25, 0.3) is 0 Å². The molecule has 21 heavy (non-hydrogen) atoms. The smallest absolute Gasteiger partial charge is 0.258 e. The first kappa shape index (κ1) is 16.0. The zero-order chi connectivity index (χ0) is 15.2. The Hall–Kier alpha value is -1.33. The van der Waals surface area contributed by atoms with Gasteiger partial charge < -0.3 is 10.1 Å². The number of carbonyl (C=O) groups excluding carboxylic acids is 1. The van der Waals surface area contributed by atoms with Crippen molar-refractivity contribution in [2.75, 3.05) is 6.61 Å². The molecule has 1 amide bonds. The Morgan fingerprint density at radius 3 is 2.48 bits per heavy atom. The van der Waals surface area contributed by atoms with Crippen LogP contribution in [0.1, 0.15) is 18.5 Å². The molecule has 2 aromatic carbocycles. The van der Waals surface area contributed by atoms with Crippen molar-refractivity contribution in [1.82, 2.24) is 5.32 Å². The number of rotatable bonds is 5. The maximum atomic E-state index is 11.9. The van der Waals surface area contributed by atoms with Crippen LogP contribution in [0, 0.1) is 0 Å². The van der Waals surface area contributed by atoms with Crippen molar-refractivity contribution < 1.29 is 9.53 Å². The zero-order valence-electron chi connectivity index (χ0n) is 11.5. The van der Waals surface area contributed by atoms with Crippen LogP contribution in [-0.4, -0.2) is 12.5 Å². The van der Waals surface area contributed by atoms with Gasteiger partial charge in [0, 0.05) is 8.95 Å². The molecular weight excluding hydrogens is 398 g/mol. The summed E-state index contributed by atoms with van der Waals surface area (Å²) < 4.78 is 7.40. The van der Waals surface area contributed by atoms with E-state index in [4.69, 9.17) is 4.74 Å². The second kappa shape index (κ2) is 7.61. The van der Waals surface area contributed by atoms with Gasteiger partial charge in [0.15, 0.2) is 6.61 Å². The lowest BCUT2D eigenvalue weighted by Gasteiger charge is -2.16. The van der Waals surface area contributed by atoms with Crippen molar-refractivity contribution in [3.63, 3.8) is 0 Å². The number of halogens is 2. The van der Waals surface area contributed by atoms with Gasteiger partial charge in [0.2, 0.25) is 0 Å². The molecule has 0 saturated heterocycles. The fraction of sp³-hybridized carbons (Fsp3) is 0.188. The molecule has 2 aromatic rings. The normalized spacial score (nSPS) is 11.8. The van der Waals surface area contributed by atoms with Crippen LogP contribution in [0.4, 0.5) is 0 Å². The molecule has 0 aromatic heterocycles. The van der Waals surface area contributed by atoms with Gasteiger partial charge >= 0.3 is 0 Å². The van der Waals surface area contributed by atoms with Crippen molar-refractivity contribution in [2.24, 2.45) is 0 Å². The molecule has 1 N–H and O–H groups in total. The third-order valence-corrected chi connectivity index (χ3v) is 4.18. The third-order valence-electron chi connectivity index (χ3n) is 2.93. The molecule has 110 valence electrons. The minimum Gasteiger partial charge on any atom is -0.484 e. The van der Waals surface area contributed by atoms with Crippen LogP contribution in [-0.2, 0) is 4.79 Å². The van der Waals surface area contributed by atoms with E-state index in [9.17, 15) is 4.79 Å². The summed E-state index contributed by atoms with van der Waals surface area (Å²) in [4.78, 5) is 11.9. The highest BCUT2D eigenvalue weighted by Gasteiger charge is 2.12.